The minimum atomic E-state index is -0.315. The Bertz CT molecular complexity index is 1980. The van der Waals surface area contributed by atoms with E-state index in [-0.39, 0.29) is 31.3 Å². The van der Waals surface area contributed by atoms with Gasteiger partial charge in [-0.25, -0.2) is 14.4 Å². The van der Waals surface area contributed by atoms with Gasteiger partial charge in [-0.3, -0.25) is 4.79 Å². The number of fused-ring (bicyclic) bond motifs is 2. The van der Waals surface area contributed by atoms with Gasteiger partial charge < -0.3 is 20.4 Å². The minimum absolute atomic E-state index is 0.0909. The molecule has 0 spiro atoms. The second kappa shape index (κ2) is 12.3. The molecule has 0 saturated heterocycles. The summed E-state index contributed by atoms with van der Waals surface area (Å²) in [5.41, 5.74) is 4.14. The van der Waals surface area contributed by atoms with E-state index < -0.39 is 0 Å². The predicted octanol–water partition coefficient (Wildman–Crippen LogP) is 7.00. The molecule has 0 saturated carbocycles. The zero-order chi connectivity index (χ0) is 28.9. The van der Waals surface area contributed by atoms with E-state index in [9.17, 15) is 9.18 Å². The highest BCUT2D eigenvalue weighted by molar-refractivity contribution is 7.20. The first-order valence-corrected chi connectivity index (χ1v) is 14.2. The number of hydrogen-bond donors (Lipinski definition) is 3. The van der Waals surface area contributed by atoms with E-state index in [0.717, 1.165) is 37.2 Å². The summed E-state index contributed by atoms with van der Waals surface area (Å²) in [7, 11) is 0. The highest BCUT2D eigenvalue weighted by Gasteiger charge is 2.11. The van der Waals surface area contributed by atoms with Gasteiger partial charge >= 0.3 is 0 Å². The maximum atomic E-state index is 13.4. The van der Waals surface area contributed by atoms with Crippen LogP contribution in [0.15, 0.2) is 85.3 Å². The Morgan fingerprint density at radius 1 is 1.07 bits per heavy atom. The molecule has 0 atom stereocenters. The second-order valence-corrected chi connectivity index (χ2v) is 10.8. The van der Waals surface area contributed by atoms with E-state index in [1.165, 1.54) is 29.8 Å². The van der Waals surface area contributed by atoms with Crippen molar-refractivity contribution in [3.8, 4) is 17.6 Å². The Morgan fingerprint density at radius 3 is 2.86 bits per heavy atom. The van der Waals surface area contributed by atoms with Crippen LogP contribution in [-0.2, 0) is 17.8 Å². The SMILES string of the molecule is O=C(Cc1c[nH]c2ccccc12)NCC#Cc1cc2ncnc(Nc3ccc(OCc4cccc(F)c4)c(Cl)c3)c2s1. The molecule has 1 amide bonds. The molecule has 0 aliphatic heterocycles. The third-order valence-electron chi connectivity index (χ3n) is 6.40. The summed E-state index contributed by atoms with van der Waals surface area (Å²) < 4.78 is 20.0. The number of anilines is 2. The van der Waals surface area contributed by atoms with Crippen LogP contribution in [-0.4, -0.2) is 27.4 Å². The normalized spacial score (nSPS) is 10.8. The van der Waals surface area contributed by atoms with Crippen molar-refractivity contribution in [2.45, 2.75) is 13.0 Å². The average molecular weight is 596 g/mol. The second-order valence-electron chi connectivity index (χ2n) is 9.35. The van der Waals surface area contributed by atoms with Gasteiger partial charge in [0.05, 0.1) is 33.1 Å². The first-order valence-electron chi connectivity index (χ1n) is 13.0. The topological polar surface area (TPSA) is 91.9 Å². The van der Waals surface area contributed by atoms with Crippen molar-refractivity contribution in [1.29, 1.82) is 0 Å². The lowest BCUT2D eigenvalue weighted by Crippen LogP contribution is -2.25. The predicted molar refractivity (Wildman–Crippen MR) is 165 cm³/mol. The zero-order valence-corrected chi connectivity index (χ0v) is 23.7. The monoisotopic (exact) mass is 595 g/mol. The number of amides is 1. The fourth-order valence-corrected chi connectivity index (χ4v) is 5.58. The number of halogens is 2. The van der Waals surface area contributed by atoms with Gasteiger partial charge in [0, 0.05) is 22.8 Å². The molecule has 3 N–H and O–H groups in total. The van der Waals surface area contributed by atoms with Gasteiger partial charge in [0.2, 0.25) is 5.91 Å². The molecule has 0 fully saturated rings. The summed E-state index contributed by atoms with van der Waals surface area (Å²) in [6, 6.07) is 21.3. The minimum Gasteiger partial charge on any atom is -0.487 e. The van der Waals surface area contributed by atoms with E-state index in [1.54, 1.807) is 24.3 Å². The molecule has 0 radical (unpaired) electrons. The summed E-state index contributed by atoms with van der Waals surface area (Å²) >= 11 is 7.91. The Labute approximate surface area is 249 Å². The number of thiophene rings is 1. The molecule has 10 heteroatoms. The van der Waals surface area contributed by atoms with Crippen molar-refractivity contribution < 1.29 is 13.9 Å². The van der Waals surface area contributed by atoms with Crippen LogP contribution in [0, 0.1) is 17.7 Å². The number of aromatic amines is 1. The molecule has 3 aromatic carbocycles. The molecule has 0 bridgehead atoms. The number of carbonyl (C=O) groups excluding carboxylic acids is 1. The number of nitrogens with zero attached hydrogens (tertiary/aromatic N) is 2. The standard InChI is InChI=1S/C32H23ClFN5O2S/c33-26-15-23(10-11-29(26)41-18-20-5-3-6-22(34)13-20)39-32-31-28(37-19-38-32)16-24(42-31)7-4-12-35-30(40)14-21-17-36-27-9-2-1-8-25(21)27/h1-3,5-6,8-11,13,15-17,19,36H,12,14,18H2,(H,35,40)(H,37,38,39). The Morgan fingerprint density at radius 2 is 1.98 bits per heavy atom. The lowest BCUT2D eigenvalue weighted by Gasteiger charge is -2.11. The lowest BCUT2D eigenvalue weighted by atomic mass is 10.1. The fourth-order valence-electron chi connectivity index (χ4n) is 4.41. The van der Waals surface area contributed by atoms with Crippen LogP contribution in [0.25, 0.3) is 21.1 Å². The molecule has 42 heavy (non-hydrogen) atoms. The van der Waals surface area contributed by atoms with E-state index in [2.05, 4.69) is 37.4 Å². The van der Waals surface area contributed by atoms with E-state index in [0.29, 0.717) is 22.2 Å². The number of carbonyl (C=O) groups is 1. The number of para-hydroxylation sites is 1. The quantitative estimate of drug-likeness (QED) is 0.165. The van der Waals surface area contributed by atoms with E-state index in [4.69, 9.17) is 16.3 Å². The smallest absolute Gasteiger partial charge is 0.225 e. The zero-order valence-electron chi connectivity index (χ0n) is 22.1. The highest BCUT2D eigenvalue weighted by Crippen LogP contribution is 2.33. The largest absolute Gasteiger partial charge is 0.487 e. The summed E-state index contributed by atoms with van der Waals surface area (Å²) in [6.45, 7) is 0.432. The van der Waals surface area contributed by atoms with Crippen molar-refractivity contribution in [3.05, 3.63) is 112 Å². The number of aromatic nitrogens is 3. The van der Waals surface area contributed by atoms with Gasteiger partial charge in [-0.1, -0.05) is 53.8 Å². The van der Waals surface area contributed by atoms with Gasteiger partial charge in [0.25, 0.3) is 0 Å². The van der Waals surface area contributed by atoms with Crippen LogP contribution in [0.4, 0.5) is 15.9 Å². The van der Waals surface area contributed by atoms with Crippen molar-refractivity contribution in [3.63, 3.8) is 0 Å². The van der Waals surface area contributed by atoms with Crippen LogP contribution in [0.3, 0.4) is 0 Å². The number of rotatable bonds is 8. The van der Waals surface area contributed by atoms with Crippen LogP contribution in [0.5, 0.6) is 5.75 Å². The summed E-state index contributed by atoms with van der Waals surface area (Å²) in [5, 5.41) is 7.60. The van der Waals surface area contributed by atoms with Crippen LogP contribution >= 0.6 is 22.9 Å². The molecule has 0 aliphatic rings. The Hall–Kier alpha value is -4.91. The van der Waals surface area contributed by atoms with Crippen molar-refractivity contribution >= 4 is 61.5 Å². The summed E-state index contributed by atoms with van der Waals surface area (Å²) in [4.78, 5) is 25.2. The van der Waals surface area contributed by atoms with Gasteiger partial charge in [-0.05, 0) is 53.6 Å². The lowest BCUT2D eigenvalue weighted by molar-refractivity contribution is -0.120. The maximum Gasteiger partial charge on any atom is 0.225 e. The summed E-state index contributed by atoms with van der Waals surface area (Å²) in [5.74, 6) is 6.83. The Kier molecular flexibility index (Phi) is 7.99. The van der Waals surface area contributed by atoms with Crippen LogP contribution < -0.4 is 15.4 Å². The van der Waals surface area contributed by atoms with E-state index >= 15 is 0 Å². The van der Waals surface area contributed by atoms with Gasteiger partial charge in [-0.2, -0.15) is 0 Å². The third kappa shape index (κ3) is 6.36. The number of hydrogen-bond acceptors (Lipinski definition) is 6. The molecule has 6 aromatic rings. The number of benzene rings is 3. The molecule has 3 aromatic heterocycles. The first kappa shape index (κ1) is 27.3. The van der Waals surface area contributed by atoms with Crippen LogP contribution in [0.1, 0.15) is 16.0 Å². The first-order chi connectivity index (χ1) is 20.5. The molecular weight excluding hydrogens is 573 g/mol. The molecule has 0 aliphatic carbocycles. The third-order valence-corrected chi connectivity index (χ3v) is 7.74. The Balaban J connectivity index is 1.07. The molecule has 3 heterocycles. The average Bonchev–Trinajstić information content (AvgIpc) is 3.60. The number of H-pyrrole nitrogens is 1. The molecule has 208 valence electrons. The molecule has 0 unspecified atom stereocenters. The molecule has 6 rings (SSSR count). The number of ether oxygens (including phenoxy) is 1. The molecular formula is C32H23ClFN5O2S. The number of nitrogens with one attached hydrogen (secondary N) is 3. The fraction of sp³-hybridized carbons (Fsp3) is 0.0938. The van der Waals surface area contributed by atoms with Gasteiger partial charge in [0.15, 0.2) is 5.82 Å². The summed E-state index contributed by atoms with van der Waals surface area (Å²) in [6.07, 6.45) is 3.63. The van der Waals surface area contributed by atoms with Crippen molar-refractivity contribution in [2.75, 3.05) is 11.9 Å². The van der Waals surface area contributed by atoms with Gasteiger partial charge in [-0.15, -0.1) is 11.3 Å². The van der Waals surface area contributed by atoms with Crippen molar-refractivity contribution in [2.24, 2.45) is 0 Å². The van der Waals surface area contributed by atoms with Gasteiger partial charge in [0.1, 0.15) is 24.5 Å². The van der Waals surface area contributed by atoms with Crippen molar-refractivity contribution in [1.82, 2.24) is 20.3 Å². The van der Waals surface area contributed by atoms with E-state index in [1.807, 2.05) is 42.6 Å². The molecule has 7 nitrogen and oxygen atoms in total. The highest BCUT2D eigenvalue weighted by atomic mass is 35.5. The maximum absolute atomic E-state index is 13.4. The van der Waals surface area contributed by atoms with Crippen LogP contribution in [0.2, 0.25) is 5.02 Å².